The second kappa shape index (κ2) is 16.5. The Kier molecular flexibility index (Phi) is 12.3. The molecule has 0 saturated heterocycles. The molecule has 0 aliphatic carbocycles. The molecule has 3 aromatic carbocycles. The van der Waals surface area contributed by atoms with Crippen LogP contribution in [0.2, 0.25) is 0 Å². The number of rotatable bonds is 15. The van der Waals surface area contributed by atoms with E-state index in [9.17, 15) is 14.7 Å². The van der Waals surface area contributed by atoms with Gasteiger partial charge in [0.2, 0.25) is 0 Å². The van der Waals surface area contributed by atoms with E-state index in [0.29, 0.717) is 54.1 Å². The minimum absolute atomic E-state index is 0.152. The lowest BCUT2D eigenvalue weighted by molar-refractivity contribution is -0.136. The van der Waals surface area contributed by atoms with Crippen LogP contribution in [-0.4, -0.2) is 56.5 Å². The van der Waals surface area contributed by atoms with Crippen LogP contribution in [0.15, 0.2) is 81.5 Å². The van der Waals surface area contributed by atoms with Crippen molar-refractivity contribution in [3.8, 4) is 23.0 Å². The normalized spacial score (nSPS) is 15.1. The van der Waals surface area contributed by atoms with Crippen LogP contribution in [0.3, 0.4) is 0 Å². The minimum atomic E-state index is -1.15. The first-order chi connectivity index (χ1) is 22.2. The summed E-state index contributed by atoms with van der Waals surface area (Å²) in [6.07, 6.45) is 0.400. The lowest BCUT2D eigenvalue weighted by atomic mass is 9.95. The third-order valence-electron chi connectivity index (χ3n) is 6.68. The average Bonchev–Trinajstić information content (AvgIpc) is 3.04. The number of allylic oxidation sites excluding steroid dienone is 1. The first kappa shape index (κ1) is 34.1. The van der Waals surface area contributed by atoms with Crippen LogP contribution in [0.1, 0.15) is 43.5 Å². The van der Waals surface area contributed by atoms with Gasteiger partial charge in [0.25, 0.3) is 0 Å². The summed E-state index contributed by atoms with van der Waals surface area (Å²) in [7, 11) is 1.28. The molecule has 12 nitrogen and oxygen atoms in total. The third-order valence-corrected chi connectivity index (χ3v) is 7.21. The number of esters is 1. The first-order valence-corrected chi connectivity index (χ1v) is 15.4. The number of aliphatic hydroxyl groups excluding tert-OH is 1. The van der Waals surface area contributed by atoms with Crippen molar-refractivity contribution in [1.82, 2.24) is 16.1 Å². The van der Waals surface area contributed by atoms with E-state index in [-0.39, 0.29) is 12.2 Å². The van der Waals surface area contributed by atoms with Crippen molar-refractivity contribution in [2.45, 2.75) is 39.6 Å². The summed E-state index contributed by atoms with van der Waals surface area (Å²) in [5.41, 5.74) is 5.65. The Morgan fingerprint density at radius 2 is 1.65 bits per heavy atom. The highest BCUT2D eigenvalue weighted by Crippen LogP contribution is 2.35. The lowest BCUT2D eigenvalue weighted by Crippen LogP contribution is -2.45. The Hall–Kier alpha value is -4.75. The molecule has 244 valence electrons. The van der Waals surface area contributed by atoms with Gasteiger partial charge in [-0.2, -0.15) is 5.10 Å². The number of hydrogen-bond acceptors (Lipinski definition) is 10. The van der Waals surface area contributed by atoms with E-state index in [1.165, 1.54) is 7.11 Å². The van der Waals surface area contributed by atoms with Crippen LogP contribution >= 0.6 is 15.9 Å². The lowest BCUT2D eigenvalue weighted by Gasteiger charge is -2.28. The van der Waals surface area contributed by atoms with E-state index in [2.05, 4.69) is 37.1 Å². The number of carbonyl (C=O) groups excluding carboxylic acids is 2. The van der Waals surface area contributed by atoms with E-state index in [4.69, 9.17) is 23.7 Å². The standard InChI is InChI=1S/C33H37BrN4O8/c1-5-43-27-15-22(9-13-25(27)45-18-21-7-11-24(34)12-8-21)17-35-38-29(39)19-46-26-14-10-23(16-28(26)44-6-2)31-30(32(40)42-4)20(3)36-33(41)37-31/h7-17,29,31,38-39H,5-6,18-19H2,1-4H3,(H2,36,37,41)/b35-17-/t29-,31-/m0/s1. The van der Waals surface area contributed by atoms with Crippen molar-refractivity contribution in [2.75, 3.05) is 26.9 Å². The van der Waals surface area contributed by atoms with Gasteiger partial charge in [-0.05, 0) is 79.9 Å². The van der Waals surface area contributed by atoms with Crippen molar-refractivity contribution >= 4 is 34.1 Å². The molecule has 2 amide bonds. The number of aliphatic hydroxyl groups is 1. The van der Waals surface area contributed by atoms with Gasteiger partial charge in [0.1, 0.15) is 13.2 Å². The summed E-state index contributed by atoms with van der Waals surface area (Å²) in [6.45, 7) is 6.37. The van der Waals surface area contributed by atoms with Crippen LogP contribution in [0.5, 0.6) is 23.0 Å². The molecule has 0 radical (unpaired) electrons. The average molecular weight is 698 g/mol. The summed E-state index contributed by atoms with van der Waals surface area (Å²) in [6, 6.07) is 17.1. The Morgan fingerprint density at radius 1 is 0.978 bits per heavy atom. The molecule has 3 aromatic rings. The summed E-state index contributed by atoms with van der Waals surface area (Å²) in [4.78, 5) is 24.6. The molecule has 46 heavy (non-hydrogen) atoms. The number of hydrogen-bond donors (Lipinski definition) is 4. The maximum Gasteiger partial charge on any atom is 0.337 e. The Morgan fingerprint density at radius 3 is 2.35 bits per heavy atom. The Labute approximate surface area is 275 Å². The molecule has 0 unspecified atom stereocenters. The van der Waals surface area contributed by atoms with Crippen molar-refractivity contribution in [1.29, 1.82) is 0 Å². The second-order valence-electron chi connectivity index (χ2n) is 9.97. The van der Waals surface area contributed by atoms with Gasteiger partial charge in [0.15, 0.2) is 29.2 Å². The topological polar surface area (TPSA) is 149 Å². The molecule has 1 aliphatic rings. The number of ether oxygens (including phenoxy) is 5. The SMILES string of the molecule is CCOc1cc(/C=N\N[C@@H](O)COc2ccc([C@@H]3NC(=O)NC(C)=C3C(=O)OC)cc2OCC)ccc1OCc1ccc(Br)cc1. The second-order valence-corrected chi connectivity index (χ2v) is 10.9. The first-order valence-electron chi connectivity index (χ1n) is 14.6. The van der Waals surface area contributed by atoms with E-state index in [1.54, 1.807) is 37.4 Å². The molecular weight excluding hydrogens is 660 g/mol. The fraction of sp³-hybridized carbons (Fsp3) is 0.303. The highest BCUT2D eigenvalue weighted by Gasteiger charge is 2.32. The monoisotopic (exact) mass is 696 g/mol. The summed E-state index contributed by atoms with van der Waals surface area (Å²) in [5, 5.41) is 19.9. The molecule has 13 heteroatoms. The highest BCUT2D eigenvalue weighted by atomic mass is 79.9. The summed E-state index contributed by atoms with van der Waals surface area (Å²) >= 11 is 3.43. The molecule has 4 N–H and O–H groups in total. The maximum atomic E-state index is 12.5. The number of amides is 2. The number of carbonyl (C=O) groups is 2. The van der Waals surface area contributed by atoms with Gasteiger partial charge in [0, 0.05) is 10.2 Å². The number of nitrogens with zero attached hydrogens (tertiary/aromatic N) is 1. The zero-order valence-corrected chi connectivity index (χ0v) is 27.6. The number of nitrogens with one attached hydrogen (secondary N) is 3. The molecule has 0 fully saturated rings. The largest absolute Gasteiger partial charge is 0.490 e. The number of methoxy groups -OCH3 is 1. The molecule has 0 spiro atoms. The van der Waals surface area contributed by atoms with Crippen LogP contribution in [0.4, 0.5) is 4.79 Å². The number of halogens is 1. The molecule has 0 bridgehead atoms. The number of benzene rings is 3. The van der Waals surface area contributed by atoms with Gasteiger partial charge in [-0.15, -0.1) is 0 Å². The molecule has 0 saturated carbocycles. The van der Waals surface area contributed by atoms with E-state index >= 15 is 0 Å². The quantitative estimate of drug-likeness (QED) is 0.0750. The molecule has 4 rings (SSSR count). The van der Waals surface area contributed by atoms with Crippen LogP contribution in [0, 0.1) is 0 Å². The summed E-state index contributed by atoms with van der Waals surface area (Å²) in [5.74, 6) is 1.34. The minimum Gasteiger partial charge on any atom is -0.490 e. The Bertz CT molecular complexity index is 1580. The van der Waals surface area contributed by atoms with Gasteiger partial charge < -0.3 is 39.4 Å². The van der Waals surface area contributed by atoms with Gasteiger partial charge in [0.05, 0.1) is 38.2 Å². The predicted octanol–water partition coefficient (Wildman–Crippen LogP) is 4.95. The predicted molar refractivity (Wildman–Crippen MR) is 175 cm³/mol. The number of hydrazone groups is 1. The van der Waals surface area contributed by atoms with Gasteiger partial charge in [-0.1, -0.05) is 34.1 Å². The van der Waals surface area contributed by atoms with E-state index in [1.807, 2.05) is 50.2 Å². The summed E-state index contributed by atoms with van der Waals surface area (Å²) < 4.78 is 29.2. The molecule has 1 aliphatic heterocycles. The van der Waals surface area contributed by atoms with Gasteiger partial charge in [-0.3, -0.25) is 5.43 Å². The molecule has 2 atom stereocenters. The van der Waals surface area contributed by atoms with Crippen molar-refractivity contribution < 1.29 is 38.4 Å². The third kappa shape index (κ3) is 9.14. The van der Waals surface area contributed by atoms with Gasteiger partial charge >= 0.3 is 12.0 Å². The molecule has 1 heterocycles. The molecular formula is C33H37BrN4O8. The van der Waals surface area contributed by atoms with Gasteiger partial charge in [-0.25, -0.2) is 9.59 Å². The zero-order valence-electron chi connectivity index (χ0n) is 26.0. The smallest absolute Gasteiger partial charge is 0.337 e. The Balaban J connectivity index is 1.37. The molecule has 0 aromatic heterocycles. The van der Waals surface area contributed by atoms with Crippen molar-refractivity contribution in [3.63, 3.8) is 0 Å². The van der Waals surface area contributed by atoms with Crippen molar-refractivity contribution in [2.24, 2.45) is 5.10 Å². The maximum absolute atomic E-state index is 12.5. The van der Waals surface area contributed by atoms with Crippen LogP contribution in [-0.2, 0) is 16.1 Å². The number of urea groups is 1. The highest BCUT2D eigenvalue weighted by molar-refractivity contribution is 9.10. The van der Waals surface area contributed by atoms with Crippen LogP contribution in [0.25, 0.3) is 0 Å². The van der Waals surface area contributed by atoms with Crippen molar-refractivity contribution in [3.05, 3.63) is 93.1 Å². The van der Waals surface area contributed by atoms with E-state index < -0.39 is 24.3 Å². The fourth-order valence-electron chi connectivity index (χ4n) is 4.55. The van der Waals surface area contributed by atoms with Crippen LogP contribution < -0.4 is 35.0 Å². The zero-order chi connectivity index (χ0) is 33.1. The fourth-order valence-corrected chi connectivity index (χ4v) is 4.82. The van der Waals surface area contributed by atoms with E-state index in [0.717, 1.165) is 15.6 Å².